The molecule has 2 aromatic rings. The molecular formula is C14H16N2O3S. The lowest BCUT2D eigenvalue weighted by Crippen LogP contribution is -2.27. The topological polar surface area (TPSA) is 89.3 Å². The second-order valence-electron chi connectivity index (χ2n) is 4.50. The number of hydrogen-bond donors (Lipinski definition) is 2. The largest absolute Gasteiger partial charge is 0.352 e. The predicted molar refractivity (Wildman–Crippen MR) is 78.9 cm³/mol. The Balaban J connectivity index is 2.05. The van der Waals surface area contributed by atoms with Gasteiger partial charge in [-0.05, 0) is 23.3 Å². The number of nitrogens with one attached hydrogen (secondary N) is 1. The molecule has 0 aliphatic rings. The van der Waals surface area contributed by atoms with Crippen LogP contribution in [0.2, 0.25) is 0 Å². The molecule has 1 amide bonds. The van der Waals surface area contributed by atoms with Gasteiger partial charge in [-0.15, -0.1) is 0 Å². The van der Waals surface area contributed by atoms with Crippen molar-refractivity contribution >= 4 is 26.7 Å². The molecule has 0 radical (unpaired) electrons. The molecule has 3 N–H and O–H groups in total. The van der Waals surface area contributed by atoms with Crippen LogP contribution in [0, 0.1) is 0 Å². The Morgan fingerprint density at radius 1 is 1.10 bits per heavy atom. The maximum Gasteiger partial charge on any atom is 0.251 e. The van der Waals surface area contributed by atoms with Gasteiger partial charge in [0, 0.05) is 12.1 Å². The minimum Gasteiger partial charge on any atom is -0.352 e. The molecule has 20 heavy (non-hydrogen) atoms. The van der Waals surface area contributed by atoms with E-state index in [1.165, 1.54) is 0 Å². The minimum atomic E-state index is -3.47. The van der Waals surface area contributed by atoms with E-state index < -0.39 is 10.0 Å². The predicted octanol–water partition coefficient (Wildman–Crippen LogP) is 1.25. The van der Waals surface area contributed by atoms with E-state index in [1.807, 2.05) is 36.4 Å². The molecule has 0 spiro atoms. The van der Waals surface area contributed by atoms with Gasteiger partial charge in [0.15, 0.2) is 0 Å². The van der Waals surface area contributed by atoms with E-state index in [0.29, 0.717) is 12.0 Å². The van der Waals surface area contributed by atoms with E-state index in [4.69, 9.17) is 5.14 Å². The molecule has 0 unspecified atom stereocenters. The van der Waals surface area contributed by atoms with Crippen LogP contribution in [0.4, 0.5) is 0 Å². The quantitative estimate of drug-likeness (QED) is 0.813. The summed E-state index contributed by atoms with van der Waals surface area (Å²) in [7, 11) is -3.47. The van der Waals surface area contributed by atoms with E-state index in [2.05, 4.69) is 5.32 Å². The highest BCUT2D eigenvalue weighted by Gasteiger charge is 2.09. The molecule has 6 heteroatoms. The Hall–Kier alpha value is -1.92. The first-order valence-electron chi connectivity index (χ1n) is 6.24. The van der Waals surface area contributed by atoms with Crippen molar-refractivity contribution in [3.8, 4) is 0 Å². The number of rotatable bonds is 5. The van der Waals surface area contributed by atoms with Crippen molar-refractivity contribution < 1.29 is 13.2 Å². The van der Waals surface area contributed by atoms with Crippen molar-refractivity contribution in [3.63, 3.8) is 0 Å². The van der Waals surface area contributed by atoms with Gasteiger partial charge in [0.05, 0.1) is 5.75 Å². The van der Waals surface area contributed by atoms with Crippen molar-refractivity contribution in [2.45, 2.75) is 6.42 Å². The monoisotopic (exact) mass is 292 g/mol. The summed E-state index contributed by atoms with van der Waals surface area (Å²) in [6.45, 7) is 0.276. The average molecular weight is 292 g/mol. The molecule has 2 aromatic carbocycles. The van der Waals surface area contributed by atoms with Gasteiger partial charge < -0.3 is 5.32 Å². The molecule has 0 aromatic heterocycles. The molecule has 0 saturated carbocycles. The summed E-state index contributed by atoms with van der Waals surface area (Å²) in [6, 6.07) is 13.1. The fraction of sp³-hybridized carbons (Fsp3) is 0.214. The summed E-state index contributed by atoms with van der Waals surface area (Å²) >= 11 is 0. The Labute approximate surface area is 117 Å². The third-order valence-corrected chi connectivity index (χ3v) is 3.78. The molecule has 5 nitrogen and oxygen atoms in total. The maximum atomic E-state index is 12.1. The first kappa shape index (κ1) is 14.5. The van der Waals surface area contributed by atoms with E-state index in [-0.39, 0.29) is 18.2 Å². The molecule has 0 aliphatic heterocycles. The van der Waals surface area contributed by atoms with Crippen molar-refractivity contribution in [1.29, 1.82) is 0 Å². The highest BCUT2D eigenvalue weighted by molar-refractivity contribution is 7.89. The van der Waals surface area contributed by atoms with E-state index in [0.717, 1.165) is 10.8 Å². The van der Waals surface area contributed by atoms with Crippen molar-refractivity contribution in [1.82, 2.24) is 5.32 Å². The van der Waals surface area contributed by atoms with Gasteiger partial charge in [-0.2, -0.15) is 0 Å². The molecule has 0 saturated heterocycles. The lowest BCUT2D eigenvalue weighted by atomic mass is 10.0. The number of primary sulfonamides is 1. The van der Waals surface area contributed by atoms with Crippen LogP contribution in [0.5, 0.6) is 0 Å². The molecule has 0 atom stereocenters. The second kappa shape index (κ2) is 6.02. The molecule has 2 rings (SSSR count). The molecular weight excluding hydrogens is 276 g/mol. The Morgan fingerprint density at radius 2 is 1.80 bits per heavy atom. The summed E-state index contributed by atoms with van der Waals surface area (Å²) < 4.78 is 21.6. The van der Waals surface area contributed by atoms with Crippen LogP contribution >= 0.6 is 0 Å². The summed E-state index contributed by atoms with van der Waals surface area (Å²) in [5.74, 6) is -0.348. The Kier molecular flexibility index (Phi) is 4.36. The Bertz CT molecular complexity index is 721. The van der Waals surface area contributed by atoms with Crippen LogP contribution in [-0.4, -0.2) is 26.6 Å². The van der Waals surface area contributed by atoms with E-state index in [1.54, 1.807) is 6.07 Å². The fourth-order valence-corrected chi connectivity index (χ4v) is 2.54. The van der Waals surface area contributed by atoms with Crippen LogP contribution in [-0.2, 0) is 10.0 Å². The summed E-state index contributed by atoms with van der Waals surface area (Å²) in [4.78, 5) is 12.1. The number of nitrogens with two attached hydrogens (primary N) is 1. The number of fused-ring (bicyclic) bond motifs is 1. The zero-order chi connectivity index (χ0) is 14.6. The van der Waals surface area contributed by atoms with Gasteiger partial charge in [-0.3, -0.25) is 4.79 Å². The molecule has 0 fully saturated rings. The maximum absolute atomic E-state index is 12.1. The molecule has 0 bridgehead atoms. The zero-order valence-corrected chi connectivity index (χ0v) is 11.7. The first-order valence-corrected chi connectivity index (χ1v) is 7.95. The highest BCUT2D eigenvalue weighted by Crippen LogP contribution is 2.18. The summed E-state index contributed by atoms with van der Waals surface area (Å²) in [5.41, 5.74) is 0.582. The smallest absolute Gasteiger partial charge is 0.251 e. The van der Waals surface area contributed by atoms with Crippen LogP contribution in [0.3, 0.4) is 0 Å². The van der Waals surface area contributed by atoms with Gasteiger partial charge in [0.1, 0.15) is 0 Å². The van der Waals surface area contributed by atoms with Crippen molar-refractivity contribution in [2.24, 2.45) is 5.14 Å². The number of carbonyl (C=O) groups excluding carboxylic acids is 1. The third-order valence-electron chi connectivity index (χ3n) is 2.93. The fourth-order valence-electron chi connectivity index (χ4n) is 1.99. The SMILES string of the molecule is NS(=O)(=O)CCCNC(=O)c1cccc2ccccc12. The number of carbonyl (C=O) groups is 1. The minimum absolute atomic E-state index is 0.136. The standard InChI is InChI=1S/C14H16N2O3S/c15-20(18,19)10-4-9-16-14(17)13-8-3-6-11-5-1-2-7-12(11)13/h1-3,5-8H,4,9-10H2,(H,16,17)(H2,15,18,19). The van der Waals surface area contributed by atoms with Crippen molar-refractivity contribution in [3.05, 3.63) is 48.0 Å². The van der Waals surface area contributed by atoms with Gasteiger partial charge in [0.2, 0.25) is 10.0 Å². The normalized spacial score (nSPS) is 11.4. The van der Waals surface area contributed by atoms with E-state index >= 15 is 0 Å². The lowest BCUT2D eigenvalue weighted by molar-refractivity contribution is 0.0955. The van der Waals surface area contributed by atoms with Gasteiger partial charge in [-0.25, -0.2) is 13.6 Å². The molecule has 0 heterocycles. The van der Waals surface area contributed by atoms with Gasteiger partial charge in [0.25, 0.3) is 5.91 Å². The molecule has 106 valence electrons. The zero-order valence-electron chi connectivity index (χ0n) is 10.9. The van der Waals surface area contributed by atoms with Crippen LogP contribution in [0.25, 0.3) is 10.8 Å². The van der Waals surface area contributed by atoms with Crippen molar-refractivity contribution in [2.75, 3.05) is 12.3 Å². The number of sulfonamides is 1. The first-order chi connectivity index (χ1) is 9.47. The second-order valence-corrected chi connectivity index (χ2v) is 6.24. The highest BCUT2D eigenvalue weighted by atomic mass is 32.2. The number of benzene rings is 2. The van der Waals surface area contributed by atoms with E-state index in [9.17, 15) is 13.2 Å². The van der Waals surface area contributed by atoms with Crippen LogP contribution < -0.4 is 10.5 Å². The number of amides is 1. The average Bonchev–Trinajstić information content (AvgIpc) is 2.41. The van der Waals surface area contributed by atoms with Crippen LogP contribution in [0.15, 0.2) is 42.5 Å². The van der Waals surface area contributed by atoms with Crippen LogP contribution in [0.1, 0.15) is 16.8 Å². The third kappa shape index (κ3) is 3.79. The summed E-state index contributed by atoms with van der Waals surface area (Å²) in [5, 5.41) is 9.47. The lowest BCUT2D eigenvalue weighted by Gasteiger charge is -2.07. The Morgan fingerprint density at radius 3 is 2.55 bits per heavy atom. The number of hydrogen-bond acceptors (Lipinski definition) is 3. The summed E-state index contributed by atoms with van der Waals surface area (Å²) in [6.07, 6.45) is 0.301. The van der Waals surface area contributed by atoms with Gasteiger partial charge in [-0.1, -0.05) is 36.4 Å². The van der Waals surface area contributed by atoms with Gasteiger partial charge >= 0.3 is 0 Å². The molecule has 0 aliphatic carbocycles.